The van der Waals surface area contributed by atoms with Gasteiger partial charge in [0.15, 0.2) is 17.8 Å². The van der Waals surface area contributed by atoms with Crippen LogP contribution in [0, 0.1) is 6.92 Å². The number of hydrogen-bond acceptors (Lipinski definition) is 5. The molecule has 0 spiro atoms. The fourth-order valence-corrected chi connectivity index (χ4v) is 5.21. The van der Waals surface area contributed by atoms with Crippen molar-refractivity contribution in [1.29, 1.82) is 0 Å². The van der Waals surface area contributed by atoms with Gasteiger partial charge in [0, 0.05) is 50.0 Å². The van der Waals surface area contributed by atoms with Gasteiger partial charge in [0.2, 0.25) is 0 Å². The highest BCUT2D eigenvalue weighted by atomic mass is 16.3. The van der Waals surface area contributed by atoms with E-state index in [1.807, 2.05) is 34.1 Å². The van der Waals surface area contributed by atoms with Crippen LogP contribution in [0.2, 0.25) is 0 Å². The molecule has 3 heterocycles. The van der Waals surface area contributed by atoms with Crippen LogP contribution in [0.5, 0.6) is 0 Å². The van der Waals surface area contributed by atoms with E-state index in [0.717, 1.165) is 38.9 Å². The van der Waals surface area contributed by atoms with Crippen molar-refractivity contribution < 1.29 is 14.0 Å². The first-order chi connectivity index (χ1) is 17.0. The van der Waals surface area contributed by atoms with Gasteiger partial charge in [-0.3, -0.25) is 9.59 Å². The van der Waals surface area contributed by atoms with E-state index in [4.69, 9.17) is 4.42 Å². The van der Waals surface area contributed by atoms with Crippen molar-refractivity contribution in [3.05, 3.63) is 71.7 Å². The van der Waals surface area contributed by atoms with E-state index in [0.29, 0.717) is 30.0 Å². The highest BCUT2D eigenvalue weighted by Crippen LogP contribution is 2.30. The number of aromatic nitrogens is 1. The third-order valence-electron chi connectivity index (χ3n) is 7.06. The maximum absolute atomic E-state index is 13.6. The van der Waals surface area contributed by atoms with Crippen LogP contribution >= 0.6 is 0 Å². The molecule has 0 saturated carbocycles. The van der Waals surface area contributed by atoms with E-state index in [-0.39, 0.29) is 23.6 Å². The van der Waals surface area contributed by atoms with Gasteiger partial charge in [0.1, 0.15) is 0 Å². The van der Waals surface area contributed by atoms with Crippen LogP contribution in [-0.4, -0.2) is 65.4 Å². The van der Waals surface area contributed by atoms with E-state index in [9.17, 15) is 9.59 Å². The summed E-state index contributed by atoms with van der Waals surface area (Å²) in [6.45, 7) is 7.68. The van der Waals surface area contributed by atoms with Crippen LogP contribution in [-0.2, 0) is 0 Å². The predicted molar refractivity (Wildman–Crippen MR) is 136 cm³/mol. The van der Waals surface area contributed by atoms with Gasteiger partial charge < -0.3 is 19.1 Å². The molecule has 182 valence electrons. The van der Waals surface area contributed by atoms with Gasteiger partial charge in [-0.25, -0.2) is 4.98 Å². The summed E-state index contributed by atoms with van der Waals surface area (Å²) < 4.78 is 5.73. The summed E-state index contributed by atoms with van der Waals surface area (Å²) in [7, 11) is 0. The Morgan fingerprint density at radius 3 is 2.49 bits per heavy atom. The lowest BCUT2D eigenvalue weighted by Crippen LogP contribution is -2.54. The molecule has 2 aliphatic heterocycles. The van der Waals surface area contributed by atoms with Gasteiger partial charge in [-0.2, -0.15) is 0 Å². The van der Waals surface area contributed by atoms with Crippen LogP contribution in [0.4, 0.5) is 5.69 Å². The summed E-state index contributed by atoms with van der Waals surface area (Å²) in [5, 5.41) is 0. The molecule has 1 aromatic heterocycles. The van der Waals surface area contributed by atoms with Crippen LogP contribution in [0.3, 0.4) is 0 Å². The molecule has 1 atom stereocenters. The first-order valence-corrected chi connectivity index (χ1v) is 12.5. The van der Waals surface area contributed by atoms with Crippen molar-refractivity contribution in [1.82, 2.24) is 14.8 Å². The zero-order chi connectivity index (χ0) is 24.4. The smallest absolute Gasteiger partial charge is 0.276 e. The van der Waals surface area contributed by atoms with E-state index in [1.54, 1.807) is 0 Å². The topological polar surface area (TPSA) is 69.9 Å². The van der Waals surface area contributed by atoms with E-state index < -0.39 is 0 Å². The summed E-state index contributed by atoms with van der Waals surface area (Å²) in [5.41, 5.74) is 3.84. The Bertz CT molecular complexity index is 1210. The second-order valence-corrected chi connectivity index (χ2v) is 9.56. The molecule has 5 rings (SSSR count). The number of rotatable bonds is 4. The lowest BCUT2D eigenvalue weighted by atomic mass is 10.0. The van der Waals surface area contributed by atoms with Gasteiger partial charge in [0.25, 0.3) is 11.8 Å². The average Bonchev–Trinajstić information content (AvgIpc) is 3.38. The Morgan fingerprint density at radius 1 is 0.914 bits per heavy atom. The molecule has 0 aliphatic carbocycles. The van der Waals surface area contributed by atoms with Crippen molar-refractivity contribution in [3.8, 4) is 11.3 Å². The Hall–Kier alpha value is -3.61. The highest BCUT2D eigenvalue weighted by molar-refractivity contribution is 6.04. The maximum atomic E-state index is 13.6. The molecule has 0 bridgehead atoms. The highest BCUT2D eigenvalue weighted by Gasteiger charge is 2.32. The minimum absolute atomic E-state index is 0.0181. The SMILES string of the molecule is Cc1cccc(N2CCN(C(=O)c3ncoc3-c3ccccc3C(=O)N3CCCCC3)CC2C)c1. The van der Waals surface area contributed by atoms with Gasteiger partial charge in [-0.1, -0.05) is 30.3 Å². The molecule has 2 amide bonds. The minimum Gasteiger partial charge on any atom is -0.443 e. The molecule has 1 unspecified atom stereocenters. The third kappa shape index (κ3) is 4.67. The Kier molecular flexibility index (Phi) is 6.57. The van der Waals surface area contributed by atoms with Gasteiger partial charge in [0.05, 0.1) is 5.56 Å². The second kappa shape index (κ2) is 9.94. The predicted octanol–water partition coefficient (Wildman–Crippen LogP) is 4.63. The standard InChI is InChI=1S/C28H32N4O3/c1-20-9-8-10-22(17-20)32-16-15-31(18-21(32)2)28(34)25-26(35-19-29-25)23-11-4-5-12-24(23)27(33)30-13-6-3-7-14-30/h4-5,8-12,17,19,21H,3,6-7,13-16,18H2,1-2H3. The average molecular weight is 473 g/mol. The summed E-state index contributed by atoms with van der Waals surface area (Å²) in [4.78, 5) is 37.2. The molecule has 7 nitrogen and oxygen atoms in total. The van der Waals surface area contributed by atoms with Crippen molar-refractivity contribution in [2.75, 3.05) is 37.6 Å². The largest absolute Gasteiger partial charge is 0.443 e. The second-order valence-electron chi connectivity index (χ2n) is 9.56. The number of piperazine rings is 1. The summed E-state index contributed by atoms with van der Waals surface area (Å²) in [6.07, 6.45) is 4.50. The molecule has 0 radical (unpaired) electrons. The Morgan fingerprint density at radius 2 is 1.71 bits per heavy atom. The first-order valence-electron chi connectivity index (χ1n) is 12.5. The summed E-state index contributed by atoms with van der Waals surface area (Å²) in [5.74, 6) is 0.185. The summed E-state index contributed by atoms with van der Waals surface area (Å²) in [6, 6.07) is 16.0. The number of hydrogen-bond donors (Lipinski definition) is 0. The molecule has 2 aromatic carbocycles. The zero-order valence-electron chi connectivity index (χ0n) is 20.4. The molecular weight excluding hydrogens is 440 g/mol. The van der Waals surface area contributed by atoms with Gasteiger partial charge in [-0.15, -0.1) is 0 Å². The number of anilines is 1. The maximum Gasteiger partial charge on any atom is 0.276 e. The minimum atomic E-state index is -0.162. The molecular formula is C28H32N4O3. The van der Waals surface area contributed by atoms with Crippen molar-refractivity contribution in [2.45, 2.75) is 39.2 Å². The van der Waals surface area contributed by atoms with Gasteiger partial charge in [-0.05, 0) is 56.9 Å². The van der Waals surface area contributed by atoms with Crippen molar-refractivity contribution in [3.63, 3.8) is 0 Å². The number of aryl methyl sites for hydroxylation is 1. The lowest BCUT2D eigenvalue weighted by molar-refractivity contribution is 0.0713. The molecule has 35 heavy (non-hydrogen) atoms. The van der Waals surface area contributed by atoms with Crippen molar-refractivity contribution in [2.24, 2.45) is 0 Å². The molecule has 2 saturated heterocycles. The number of carbonyl (C=O) groups is 2. The number of nitrogens with zero attached hydrogens (tertiary/aromatic N) is 4. The molecule has 0 N–H and O–H groups in total. The lowest BCUT2D eigenvalue weighted by Gasteiger charge is -2.41. The van der Waals surface area contributed by atoms with Crippen LogP contribution < -0.4 is 4.90 Å². The zero-order valence-corrected chi connectivity index (χ0v) is 20.4. The third-order valence-corrected chi connectivity index (χ3v) is 7.06. The van der Waals surface area contributed by atoms with Crippen LogP contribution in [0.1, 0.15) is 52.6 Å². The molecule has 2 fully saturated rings. The Labute approximate surface area is 206 Å². The fourth-order valence-electron chi connectivity index (χ4n) is 5.21. The number of carbonyl (C=O) groups excluding carboxylic acids is 2. The van der Waals surface area contributed by atoms with Crippen LogP contribution in [0.25, 0.3) is 11.3 Å². The van der Waals surface area contributed by atoms with E-state index in [1.165, 1.54) is 17.6 Å². The first kappa shape index (κ1) is 23.1. The van der Waals surface area contributed by atoms with E-state index in [2.05, 4.69) is 48.0 Å². The fraction of sp³-hybridized carbons (Fsp3) is 0.393. The number of amides is 2. The number of piperidine rings is 1. The molecule has 3 aromatic rings. The normalized spacial score (nSPS) is 18.6. The quantitative estimate of drug-likeness (QED) is 0.554. The van der Waals surface area contributed by atoms with Gasteiger partial charge >= 0.3 is 0 Å². The summed E-state index contributed by atoms with van der Waals surface area (Å²) >= 11 is 0. The Balaban J connectivity index is 1.37. The monoisotopic (exact) mass is 472 g/mol. The number of likely N-dealkylation sites (tertiary alicyclic amines) is 1. The van der Waals surface area contributed by atoms with Crippen LogP contribution in [0.15, 0.2) is 59.3 Å². The van der Waals surface area contributed by atoms with Crippen molar-refractivity contribution >= 4 is 17.5 Å². The molecule has 7 heteroatoms. The molecule has 2 aliphatic rings. The number of oxazole rings is 1. The number of benzene rings is 2. The van der Waals surface area contributed by atoms with E-state index >= 15 is 0 Å².